The summed E-state index contributed by atoms with van der Waals surface area (Å²) in [6.45, 7) is 0. The van der Waals surface area contributed by atoms with E-state index in [2.05, 4.69) is 240 Å². The van der Waals surface area contributed by atoms with Gasteiger partial charge in [-0.25, -0.2) is 24.9 Å². The molecule has 0 N–H and O–H groups in total. The fourth-order valence-corrected chi connectivity index (χ4v) is 15.2. The Morgan fingerprint density at radius 1 is 0.206 bits per heavy atom. The van der Waals surface area contributed by atoms with E-state index in [0.29, 0.717) is 0 Å². The van der Waals surface area contributed by atoms with E-state index in [1.165, 1.54) is 23.5 Å². The van der Waals surface area contributed by atoms with Gasteiger partial charge in [-0.1, -0.05) is 237 Å². The maximum absolute atomic E-state index is 5.36. The summed E-state index contributed by atoms with van der Waals surface area (Å²) in [5, 5.41) is 8.46. The Bertz CT molecular complexity index is 6530. The van der Waals surface area contributed by atoms with Crippen molar-refractivity contribution in [3.63, 3.8) is 0 Å². The van der Waals surface area contributed by atoms with Gasteiger partial charge in [-0.2, -0.15) is 17.5 Å². The lowest BCUT2D eigenvalue weighted by Crippen LogP contribution is -1.94. The Morgan fingerprint density at radius 3 is 1.05 bits per heavy atom. The predicted octanol–water partition coefficient (Wildman–Crippen LogP) is 22.7. The van der Waals surface area contributed by atoms with Gasteiger partial charge in [0.1, 0.15) is 22.1 Å². The van der Waals surface area contributed by atoms with Crippen molar-refractivity contribution in [1.29, 1.82) is 0 Å². The van der Waals surface area contributed by atoms with Crippen molar-refractivity contribution in [3.05, 3.63) is 322 Å². The minimum atomic E-state index is 0.801. The summed E-state index contributed by atoms with van der Waals surface area (Å²) in [7, 11) is 0. The SMILES string of the molecule is c1ccc(-c2ccc3ccc4ccc(-c5ccc6c(c5)nc(-c5ccccc5)c5cc(-c7ccccc7)c7nsnc7c56)nc4c3n2)cc1.c1ccc(-c2nc3cc(-c4ccc(-c5cc(-c6ccccn6)nc(-c6ccccn6)c5)cc4)ccc3c3c2cc(-c2ccccc2)c2nsnc23)cc1. The highest BCUT2D eigenvalue weighted by Gasteiger charge is 2.23. The maximum atomic E-state index is 5.36. The van der Waals surface area contributed by atoms with Crippen LogP contribution in [0.2, 0.25) is 0 Å². The molecule has 0 aliphatic heterocycles. The van der Waals surface area contributed by atoms with Crippen LogP contribution >= 0.6 is 23.5 Å². The van der Waals surface area contributed by atoms with Crippen molar-refractivity contribution < 1.29 is 0 Å². The molecule has 0 atom stereocenters. The van der Waals surface area contributed by atoms with Crippen molar-refractivity contribution in [2.45, 2.75) is 0 Å². The zero-order valence-electron chi connectivity index (χ0n) is 54.3. The molecule has 9 aromatic heterocycles. The molecule has 102 heavy (non-hydrogen) atoms. The van der Waals surface area contributed by atoms with Gasteiger partial charge in [-0.05, 0) is 106 Å². The molecule has 11 nitrogen and oxygen atoms in total. The topological polar surface area (TPSA) is 142 Å². The molecule has 20 aromatic rings. The van der Waals surface area contributed by atoms with E-state index >= 15 is 0 Å². The molecule has 0 bridgehead atoms. The molecule has 476 valence electrons. The number of fused-ring (bicyclic) bond motifs is 13. The minimum Gasteiger partial charge on any atom is -0.255 e. The quantitative estimate of drug-likeness (QED) is 0.121. The zero-order valence-corrected chi connectivity index (χ0v) is 56.0. The Morgan fingerprint density at radius 2 is 0.588 bits per heavy atom. The second-order valence-electron chi connectivity index (χ2n) is 25.1. The fourth-order valence-electron chi connectivity index (χ4n) is 14.0. The van der Waals surface area contributed by atoms with Crippen LogP contribution in [0, 0.1) is 0 Å². The first-order chi connectivity index (χ1) is 50.5. The summed E-state index contributed by atoms with van der Waals surface area (Å²) in [6, 6.07) is 107. The molecule has 0 aliphatic rings. The molecule has 9 heterocycles. The highest BCUT2D eigenvalue weighted by molar-refractivity contribution is 7.00. The average Bonchev–Trinajstić information content (AvgIpc) is 1.28. The van der Waals surface area contributed by atoms with E-state index in [9.17, 15) is 0 Å². The summed E-state index contributed by atoms with van der Waals surface area (Å²) in [6.07, 6.45) is 3.59. The lowest BCUT2D eigenvalue weighted by molar-refractivity contribution is 1.22. The molecule has 0 fully saturated rings. The number of pyridine rings is 7. The summed E-state index contributed by atoms with van der Waals surface area (Å²) >= 11 is 2.51. The molecule has 0 saturated carbocycles. The number of nitrogens with zero attached hydrogens (tertiary/aromatic N) is 11. The van der Waals surface area contributed by atoms with E-state index in [4.69, 9.17) is 42.4 Å². The first-order valence-electron chi connectivity index (χ1n) is 33.5. The van der Waals surface area contributed by atoms with Gasteiger partial charge >= 0.3 is 0 Å². The van der Waals surface area contributed by atoms with Crippen LogP contribution in [0.15, 0.2) is 322 Å². The Balaban J connectivity index is 0.000000142. The van der Waals surface area contributed by atoms with Crippen molar-refractivity contribution in [1.82, 2.24) is 52.4 Å². The number of hydrogen-bond acceptors (Lipinski definition) is 13. The second kappa shape index (κ2) is 25.5. The monoisotopic (exact) mass is 1340 g/mol. The van der Waals surface area contributed by atoms with Gasteiger partial charge in [0.05, 0.1) is 91.1 Å². The van der Waals surface area contributed by atoms with Gasteiger partial charge in [-0.3, -0.25) is 9.97 Å². The largest absolute Gasteiger partial charge is 0.255 e. The van der Waals surface area contributed by atoms with Crippen LogP contribution < -0.4 is 0 Å². The molecule has 0 unspecified atom stereocenters. The highest BCUT2D eigenvalue weighted by Crippen LogP contribution is 2.45. The van der Waals surface area contributed by atoms with E-state index in [1.54, 1.807) is 12.4 Å². The Kier molecular flexibility index (Phi) is 15.0. The van der Waals surface area contributed by atoms with Gasteiger partial charge in [0.25, 0.3) is 0 Å². The van der Waals surface area contributed by atoms with Crippen LogP contribution in [-0.2, 0) is 0 Å². The number of rotatable bonds is 10. The van der Waals surface area contributed by atoms with Gasteiger partial charge in [0.15, 0.2) is 0 Å². The zero-order chi connectivity index (χ0) is 67.5. The summed E-state index contributed by atoms with van der Waals surface area (Å²) < 4.78 is 19.3. The van der Waals surface area contributed by atoms with Crippen LogP contribution in [-0.4, -0.2) is 52.4 Å². The standard InChI is InChI=1S/C46H28N6S.C43H25N5S/c1-3-11-31(12-4-1)36-28-37-43(46-45(36)51-53-52-46)35-22-21-33(25-40(35)50-44(37)32-13-5-2-6-14-32)29-17-19-30(20-18-29)34-26-41(38-15-7-9-23-47-38)49-42(27-34)39-16-8-10-24-48-39;1-4-10-26(11-5-1)33-25-34-38(43-42(33)47-49-48-43)32-21-18-31(24-37(32)46-39(34)28-14-8-3-9-15-28)36-23-20-30-17-16-29-19-22-35(27-12-6-2-7-13-27)44-40(29)41(30)45-36/h1-28H;1-25H. The van der Waals surface area contributed by atoms with Crippen LogP contribution in [0.1, 0.15) is 0 Å². The molecule has 11 aromatic carbocycles. The molecular formula is C89H53N11S2. The van der Waals surface area contributed by atoms with Crippen molar-refractivity contribution in [2.75, 3.05) is 0 Å². The number of benzene rings is 11. The normalized spacial score (nSPS) is 11.5. The van der Waals surface area contributed by atoms with Crippen molar-refractivity contribution in [3.8, 4) is 112 Å². The first-order valence-corrected chi connectivity index (χ1v) is 35.0. The van der Waals surface area contributed by atoms with Crippen LogP contribution in [0.4, 0.5) is 0 Å². The van der Waals surface area contributed by atoms with E-state index in [0.717, 1.165) is 200 Å². The summed E-state index contributed by atoms with van der Waals surface area (Å²) in [5.41, 5.74) is 26.9. The van der Waals surface area contributed by atoms with E-state index in [-0.39, 0.29) is 0 Å². The van der Waals surface area contributed by atoms with Crippen molar-refractivity contribution >= 4 is 111 Å². The fraction of sp³-hybridized carbons (Fsp3) is 0. The first kappa shape index (κ1) is 59.9. The van der Waals surface area contributed by atoms with Crippen LogP contribution in [0.5, 0.6) is 0 Å². The molecule has 0 amide bonds. The molecule has 13 heteroatoms. The third-order valence-electron chi connectivity index (χ3n) is 19.0. The number of hydrogen-bond donors (Lipinski definition) is 0. The van der Waals surface area contributed by atoms with Gasteiger partial charge in [0, 0.05) is 88.9 Å². The van der Waals surface area contributed by atoms with E-state index in [1.807, 2.05) is 78.9 Å². The molecule has 0 radical (unpaired) electrons. The molecular weight excluding hydrogens is 1290 g/mol. The third-order valence-corrected chi connectivity index (χ3v) is 20.0. The molecule has 0 spiro atoms. The molecule has 0 saturated heterocycles. The number of aromatic nitrogens is 11. The predicted molar refractivity (Wildman–Crippen MR) is 419 cm³/mol. The van der Waals surface area contributed by atoms with Crippen molar-refractivity contribution in [2.24, 2.45) is 0 Å². The average molecular weight is 1340 g/mol. The van der Waals surface area contributed by atoms with Gasteiger partial charge in [-0.15, -0.1) is 0 Å². The molecule has 0 aliphatic carbocycles. The molecule has 20 rings (SSSR count). The van der Waals surface area contributed by atoms with Crippen LogP contribution in [0.25, 0.3) is 200 Å². The lowest BCUT2D eigenvalue weighted by Gasteiger charge is -2.14. The lowest BCUT2D eigenvalue weighted by atomic mass is 9.93. The Labute approximate surface area is 593 Å². The Hall–Kier alpha value is -13.3. The van der Waals surface area contributed by atoms with Gasteiger partial charge in [0.2, 0.25) is 0 Å². The smallest absolute Gasteiger partial charge is 0.114 e. The van der Waals surface area contributed by atoms with Crippen LogP contribution in [0.3, 0.4) is 0 Å². The third kappa shape index (κ3) is 10.9. The van der Waals surface area contributed by atoms with E-state index < -0.39 is 0 Å². The summed E-state index contributed by atoms with van der Waals surface area (Å²) in [5.74, 6) is 0. The van der Waals surface area contributed by atoms with Gasteiger partial charge < -0.3 is 0 Å². The highest BCUT2D eigenvalue weighted by atomic mass is 32.1. The minimum absolute atomic E-state index is 0.801. The maximum Gasteiger partial charge on any atom is 0.114 e. The second-order valence-corrected chi connectivity index (χ2v) is 26.1. The summed E-state index contributed by atoms with van der Waals surface area (Å²) in [4.78, 5) is 35.2.